The number of hydrogen-bond acceptors (Lipinski definition) is 2. The molecule has 1 saturated heterocycles. The molecule has 1 fully saturated rings. The molecule has 1 heterocycles. The van der Waals surface area contributed by atoms with E-state index in [1.165, 1.54) is 12.1 Å². The zero-order valence-electron chi connectivity index (χ0n) is 9.09. The summed E-state index contributed by atoms with van der Waals surface area (Å²) in [6, 6.07) is 4.51. The lowest BCUT2D eigenvalue weighted by Gasteiger charge is -2.19. The summed E-state index contributed by atoms with van der Waals surface area (Å²) in [6.45, 7) is 0.860. The monoisotopic (exact) mass is 300 g/mol. The highest BCUT2D eigenvalue weighted by Gasteiger charge is 2.26. The van der Waals surface area contributed by atoms with Crippen LogP contribution < -0.4 is 0 Å². The van der Waals surface area contributed by atoms with Crippen LogP contribution in [0.2, 0.25) is 0 Å². The van der Waals surface area contributed by atoms with Crippen LogP contribution in [0.1, 0.15) is 18.4 Å². The van der Waals surface area contributed by atoms with Gasteiger partial charge >= 0.3 is 0 Å². The third-order valence-corrected chi connectivity index (χ3v) is 3.63. The third kappa shape index (κ3) is 2.48. The van der Waals surface area contributed by atoms with E-state index in [0.29, 0.717) is 6.54 Å². The average molecular weight is 301 g/mol. The lowest BCUT2D eigenvalue weighted by molar-refractivity contribution is 0.277. The minimum atomic E-state index is -0.575. The van der Waals surface area contributed by atoms with Gasteiger partial charge in [0.25, 0.3) is 0 Å². The normalized spacial score (nSPS) is 20.5. The van der Waals surface area contributed by atoms with Crippen LogP contribution in [-0.4, -0.2) is 17.5 Å². The van der Waals surface area contributed by atoms with Crippen molar-refractivity contribution in [2.24, 2.45) is 0 Å². The van der Waals surface area contributed by atoms with Crippen LogP contribution >= 0.6 is 15.9 Å². The Bertz CT molecular complexity index is 470. The maximum atomic E-state index is 13.8. The van der Waals surface area contributed by atoms with E-state index in [-0.39, 0.29) is 22.6 Å². The molecule has 1 aromatic rings. The number of hydrogen-bond donors (Lipinski definition) is 0. The summed E-state index contributed by atoms with van der Waals surface area (Å²) in [5.41, 5.74) is 0.0292. The fourth-order valence-corrected chi connectivity index (χ4v) is 2.45. The Hall–Kier alpha value is -0.990. The molecule has 0 N–H and O–H groups in total. The van der Waals surface area contributed by atoms with Crippen LogP contribution in [0.5, 0.6) is 0 Å². The predicted molar refractivity (Wildman–Crippen MR) is 63.1 cm³/mol. The molecule has 0 amide bonds. The van der Waals surface area contributed by atoms with Gasteiger partial charge in [0.1, 0.15) is 11.6 Å². The smallest absolute Gasteiger partial charge is 0.144 e. The number of likely N-dealkylation sites (tertiary alicyclic amines) is 1. The highest BCUT2D eigenvalue weighted by molar-refractivity contribution is 9.10. The van der Waals surface area contributed by atoms with E-state index in [4.69, 9.17) is 5.26 Å². The highest BCUT2D eigenvalue weighted by atomic mass is 79.9. The van der Waals surface area contributed by atoms with E-state index in [0.717, 1.165) is 12.8 Å². The van der Waals surface area contributed by atoms with Gasteiger partial charge in [-0.05, 0) is 47.4 Å². The number of rotatable bonds is 2. The molecule has 0 aliphatic carbocycles. The molecule has 2 rings (SSSR count). The molecular weight excluding hydrogens is 290 g/mol. The second-order valence-corrected chi connectivity index (χ2v) is 4.93. The Balaban J connectivity index is 2.24. The van der Waals surface area contributed by atoms with Gasteiger partial charge in [0.2, 0.25) is 0 Å². The largest absolute Gasteiger partial charge is 0.284 e. The molecule has 1 atom stereocenters. The van der Waals surface area contributed by atoms with Crippen LogP contribution in [0.15, 0.2) is 16.6 Å². The molecule has 0 radical (unpaired) electrons. The van der Waals surface area contributed by atoms with Gasteiger partial charge in [-0.1, -0.05) is 0 Å². The van der Waals surface area contributed by atoms with Crippen molar-refractivity contribution in [1.82, 2.24) is 4.90 Å². The van der Waals surface area contributed by atoms with E-state index in [1.807, 2.05) is 4.90 Å². The standard InChI is InChI=1S/C12H11BrF2N2/c13-10-3-4-11(14)9(12(10)15)7-17-5-1-2-8(17)6-16/h3-4,8H,1-2,5,7H2. The summed E-state index contributed by atoms with van der Waals surface area (Å²) >= 11 is 3.04. The van der Waals surface area contributed by atoms with E-state index >= 15 is 0 Å². The molecule has 0 spiro atoms. The first-order valence-corrected chi connectivity index (χ1v) is 6.19. The zero-order chi connectivity index (χ0) is 12.4. The number of nitrogens with zero attached hydrogens (tertiary/aromatic N) is 2. The molecule has 2 nitrogen and oxygen atoms in total. The summed E-state index contributed by atoms with van der Waals surface area (Å²) in [6.07, 6.45) is 1.67. The van der Waals surface area contributed by atoms with Crippen molar-refractivity contribution in [2.75, 3.05) is 6.54 Å². The molecule has 0 aromatic heterocycles. The molecule has 5 heteroatoms. The lowest BCUT2D eigenvalue weighted by atomic mass is 10.1. The summed E-state index contributed by atoms with van der Waals surface area (Å²) in [7, 11) is 0. The van der Waals surface area contributed by atoms with Gasteiger partial charge in [0, 0.05) is 12.1 Å². The Morgan fingerprint density at radius 2 is 2.24 bits per heavy atom. The van der Waals surface area contributed by atoms with Crippen molar-refractivity contribution < 1.29 is 8.78 Å². The first kappa shape index (κ1) is 12.5. The van der Waals surface area contributed by atoms with Crippen molar-refractivity contribution in [3.63, 3.8) is 0 Å². The van der Waals surface area contributed by atoms with Crippen molar-refractivity contribution >= 4 is 15.9 Å². The molecule has 0 bridgehead atoms. The maximum Gasteiger partial charge on any atom is 0.144 e. The third-order valence-electron chi connectivity index (χ3n) is 3.01. The highest BCUT2D eigenvalue weighted by Crippen LogP contribution is 2.26. The first-order valence-electron chi connectivity index (χ1n) is 5.39. The van der Waals surface area contributed by atoms with Gasteiger partial charge < -0.3 is 0 Å². The number of halogens is 3. The molecule has 90 valence electrons. The molecule has 1 aliphatic heterocycles. The molecule has 1 unspecified atom stereocenters. The van der Waals surface area contributed by atoms with Crippen molar-refractivity contribution in [1.29, 1.82) is 5.26 Å². The molecule has 1 aromatic carbocycles. The Labute approximate surface area is 107 Å². The van der Waals surface area contributed by atoms with Gasteiger partial charge in [-0.2, -0.15) is 5.26 Å². The zero-order valence-corrected chi connectivity index (χ0v) is 10.7. The van der Waals surface area contributed by atoms with Crippen molar-refractivity contribution in [2.45, 2.75) is 25.4 Å². The van der Waals surface area contributed by atoms with Crippen LogP contribution in [-0.2, 0) is 6.54 Å². The SMILES string of the molecule is N#CC1CCCN1Cc1c(F)ccc(Br)c1F. The Kier molecular flexibility index (Phi) is 3.75. The molecular formula is C12H11BrF2N2. The summed E-state index contributed by atoms with van der Waals surface area (Å²) in [5, 5.41) is 8.92. The average Bonchev–Trinajstić information content (AvgIpc) is 2.77. The minimum Gasteiger partial charge on any atom is -0.284 e. The van der Waals surface area contributed by atoms with E-state index in [1.54, 1.807) is 0 Å². The van der Waals surface area contributed by atoms with Crippen LogP contribution in [0.4, 0.5) is 8.78 Å². The lowest BCUT2D eigenvalue weighted by Crippen LogP contribution is -2.28. The van der Waals surface area contributed by atoms with E-state index in [2.05, 4.69) is 22.0 Å². The van der Waals surface area contributed by atoms with Crippen LogP contribution in [0, 0.1) is 23.0 Å². The summed E-state index contributed by atoms with van der Waals surface area (Å²) in [5.74, 6) is -1.14. The van der Waals surface area contributed by atoms with Crippen LogP contribution in [0.25, 0.3) is 0 Å². The predicted octanol–water partition coefficient (Wildman–Crippen LogP) is 3.22. The second-order valence-electron chi connectivity index (χ2n) is 4.08. The van der Waals surface area contributed by atoms with Gasteiger partial charge in [0.15, 0.2) is 0 Å². The van der Waals surface area contributed by atoms with Gasteiger partial charge in [-0.3, -0.25) is 4.90 Å². The Morgan fingerprint density at radius 3 is 2.94 bits per heavy atom. The van der Waals surface area contributed by atoms with Gasteiger partial charge in [0.05, 0.1) is 16.6 Å². The summed E-state index contributed by atoms with van der Waals surface area (Å²) in [4.78, 5) is 1.81. The molecule has 1 aliphatic rings. The van der Waals surface area contributed by atoms with Gasteiger partial charge in [-0.15, -0.1) is 0 Å². The van der Waals surface area contributed by atoms with Crippen molar-refractivity contribution in [3.05, 3.63) is 33.8 Å². The Morgan fingerprint density at radius 1 is 1.47 bits per heavy atom. The quantitative estimate of drug-likeness (QED) is 0.784. The maximum absolute atomic E-state index is 13.8. The van der Waals surface area contributed by atoms with Gasteiger partial charge in [-0.25, -0.2) is 8.78 Å². The molecule has 0 saturated carbocycles. The number of benzene rings is 1. The number of nitriles is 1. The topological polar surface area (TPSA) is 27.0 Å². The van der Waals surface area contributed by atoms with Crippen molar-refractivity contribution in [3.8, 4) is 6.07 Å². The van der Waals surface area contributed by atoms with E-state index < -0.39 is 11.6 Å². The molecule has 17 heavy (non-hydrogen) atoms. The fourth-order valence-electron chi connectivity index (χ4n) is 2.08. The second kappa shape index (κ2) is 5.11. The first-order chi connectivity index (χ1) is 8.13. The van der Waals surface area contributed by atoms with E-state index in [9.17, 15) is 8.78 Å². The fraction of sp³-hybridized carbons (Fsp3) is 0.417. The van der Waals surface area contributed by atoms with Crippen LogP contribution in [0.3, 0.4) is 0 Å². The minimum absolute atomic E-state index is 0.0292. The summed E-state index contributed by atoms with van der Waals surface area (Å²) < 4.78 is 27.5.